The first-order valence-corrected chi connectivity index (χ1v) is 8.88. The van der Waals surface area contributed by atoms with Crippen LogP contribution in [0, 0.1) is 6.92 Å². The van der Waals surface area contributed by atoms with Gasteiger partial charge in [-0.2, -0.15) is 26.3 Å². The largest absolute Gasteiger partial charge is 0.475 e. The molecule has 0 atom stereocenters. The van der Waals surface area contributed by atoms with E-state index in [0.717, 1.165) is 4.90 Å². The van der Waals surface area contributed by atoms with Crippen molar-refractivity contribution in [3.63, 3.8) is 0 Å². The van der Waals surface area contributed by atoms with Crippen molar-refractivity contribution in [1.29, 1.82) is 0 Å². The predicted octanol–water partition coefficient (Wildman–Crippen LogP) is 3.01. The van der Waals surface area contributed by atoms with Gasteiger partial charge in [-0.05, 0) is 24.1 Å². The van der Waals surface area contributed by atoms with Crippen LogP contribution in [0.5, 0.6) is 0 Å². The van der Waals surface area contributed by atoms with Gasteiger partial charge in [0, 0.05) is 38.3 Å². The summed E-state index contributed by atoms with van der Waals surface area (Å²) in [6, 6.07) is 4.63. The van der Waals surface area contributed by atoms with Crippen LogP contribution in [0.1, 0.15) is 21.5 Å². The Bertz CT molecular complexity index is 833. The van der Waals surface area contributed by atoms with Crippen LogP contribution >= 0.6 is 0 Å². The second-order valence-corrected chi connectivity index (χ2v) is 6.89. The molecule has 31 heavy (non-hydrogen) atoms. The van der Waals surface area contributed by atoms with E-state index in [1.165, 1.54) is 6.07 Å². The zero-order valence-electron chi connectivity index (χ0n) is 16.1. The van der Waals surface area contributed by atoms with Crippen LogP contribution in [-0.4, -0.2) is 77.4 Å². The molecule has 13 heteroatoms. The number of amides is 1. The number of piperazine rings is 1. The van der Waals surface area contributed by atoms with E-state index in [0.29, 0.717) is 11.1 Å². The number of carbonyl (C=O) groups excluding carboxylic acids is 2. The van der Waals surface area contributed by atoms with Crippen molar-refractivity contribution in [3.05, 3.63) is 34.9 Å². The number of aryl methyl sites for hydroxylation is 1. The molecule has 1 amide bonds. The molecule has 1 saturated heterocycles. The van der Waals surface area contributed by atoms with Crippen LogP contribution < -0.4 is 0 Å². The van der Waals surface area contributed by atoms with Gasteiger partial charge < -0.3 is 14.7 Å². The maximum Gasteiger partial charge on any atom is 0.434 e. The molecule has 1 heterocycles. The summed E-state index contributed by atoms with van der Waals surface area (Å²) in [5.74, 6) is -2.68. The molecule has 2 rings (SSSR count). The first-order chi connectivity index (χ1) is 14.2. The smallest absolute Gasteiger partial charge is 0.434 e. The third-order valence-electron chi connectivity index (χ3n) is 4.59. The fourth-order valence-electron chi connectivity index (χ4n) is 2.97. The first-order valence-electron chi connectivity index (χ1n) is 8.88. The molecule has 1 N–H and O–H groups in total. The number of benzene rings is 1. The average molecular weight is 456 g/mol. The molecular weight excluding hydrogens is 438 g/mol. The van der Waals surface area contributed by atoms with Gasteiger partial charge in [-0.3, -0.25) is 9.69 Å². The van der Waals surface area contributed by atoms with Crippen LogP contribution in [0.4, 0.5) is 31.1 Å². The number of alkyl halides is 6. The van der Waals surface area contributed by atoms with Crippen LogP contribution in [0.15, 0.2) is 18.2 Å². The number of aliphatic carboxylic acids is 1. The van der Waals surface area contributed by atoms with Crippen LogP contribution in [0.2, 0.25) is 0 Å². The zero-order valence-corrected chi connectivity index (χ0v) is 16.1. The molecule has 1 aliphatic heterocycles. The monoisotopic (exact) mass is 456 g/mol. The molecule has 0 saturated carbocycles. The SMILES string of the molecule is Cc1ccc(CN2CCN(C(=O)OC(C(F)(F)F)C(F)(F)F)CC2)cc1C(=O)C(=O)O. The van der Waals surface area contributed by atoms with Gasteiger partial charge in [0.05, 0.1) is 0 Å². The second kappa shape index (κ2) is 9.12. The van der Waals surface area contributed by atoms with E-state index < -0.39 is 36.3 Å². The fourth-order valence-corrected chi connectivity index (χ4v) is 2.97. The number of carbonyl (C=O) groups is 3. The lowest BCUT2D eigenvalue weighted by atomic mass is 10.0. The van der Waals surface area contributed by atoms with E-state index in [2.05, 4.69) is 4.74 Å². The molecule has 1 aromatic rings. The summed E-state index contributed by atoms with van der Waals surface area (Å²) in [6.07, 6.45) is -17.5. The highest BCUT2D eigenvalue weighted by Crippen LogP contribution is 2.36. The Morgan fingerprint density at radius 3 is 2.06 bits per heavy atom. The van der Waals surface area contributed by atoms with Crippen molar-refractivity contribution in [2.45, 2.75) is 31.9 Å². The minimum Gasteiger partial charge on any atom is -0.475 e. The lowest BCUT2D eigenvalue weighted by Crippen LogP contribution is -2.52. The Morgan fingerprint density at radius 1 is 1.03 bits per heavy atom. The Balaban J connectivity index is 1.97. The van der Waals surface area contributed by atoms with Crippen molar-refractivity contribution in [1.82, 2.24) is 9.80 Å². The van der Waals surface area contributed by atoms with Gasteiger partial charge in [-0.1, -0.05) is 12.1 Å². The third kappa shape index (κ3) is 6.32. The lowest BCUT2D eigenvalue weighted by molar-refractivity contribution is -0.308. The average Bonchev–Trinajstić information content (AvgIpc) is 2.65. The van der Waals surface area contributed by atoms with Gasteiger partial charge in [-0.15, -0.1) is 0 Å². The van der Waals surface area contributed by atoms with Gasteiger partial charge in [0.2, 0.25) is 0 Å². The minimum absolute atomic E-state index is 0.0116. The van der Waals surface area contributed by atoms with E-state index in [1.54, 1.807) is 24.0 Å². The molecule has 0 radical (unpaired) electrons. The maximum atomic E-state index is 12.5. The summed E-state index contributed by atoms with van der Waals surface area (Å²) in [4.78, 5) is 36.9. The van der Waals surface area contributed by atoms with E-state index in [-0.39, 0.29) is 38.3 Å². The van der Waals surface area contributed by atoms with E-state index in [9.17, 15) is 40.7 Å². The Kier molecular flexibility index (Phi) is 7.19. The number of halogens is 6. The number of nitrogens with zero attached hydrogens (tertiary/aromatic N) is 2. The minimum atomic E-state index is -5.79. The number of rotatable bonds is 5. The number of ketones is 1. The highest BCUT2D eigenvalue weighted by atomic mass is 19.4. The Hall–Kier alpha value is -2.83. The zero-order chi connectivity index (χ0) is 23.6. The van der Waals surface area contributed by atoms with Crippen molar-refractivity contribution < 1.29 is 50.6 Å². The fraction of sp³-hybridized carbons (Fsp3) is 0.500. The van der Waals surface area contributed by atoms with Crippen molar-refractivity contribution in [2.75, 3.05) is 26.2 Å². The number of carboxylic acids is 1. The summed E-state index contributed by atoms with van der Waals surface area (Å²) >= 11 is 0. The number of carboxylic acid groups (broad SMARTS) is 1. The quantitative estimate of drug-likeness (QED) is 0.417. The summed E-state index contributed by atoms with van der Waals surface area (Å²) < 4.78 is 78.9. The summed E-state index contributed by atoms with van der Waals surface area (Å²) in [5.41, 5.74) is 1.06. The first kappa shape index (κ1) is 24.4. The molecule has 0 bridgehead atoms. The normalized spacial score (nSPS) is 15.8. The molecule has 0 aromatic heterocycles. The standard InChI is InChI=1S/C18H18F6N2O5/c1-10-2-3-11(8-12(10)13(27)14(28)29)9-25-4-6-26(7-5-25)16(30)31-15(17(19,20)21)18(22,23)24/h2-3,8,15H,4-7,9H2,1H3,(H,28,29). The highest BCUT2D eigenvalue weighted by Gasteiger charge is 2.60. The third-order valence-corrected chi connectivity index (χ3v) is 4.59. The molecule has 0 aliphatic carbocycles. The van der Waals surface area contributed by atoms with Gasteiger partial charge in [0.25, 0.3) is 11.9 Å². The number of hydrogen-bond acceptors (Lipinski definition) is 5. The molecule has 0 unspecified atom stereocenters. The highest BCUT2D eigenvalue weighted by molar-refractivity contribution is 6.40. The number of Topliss-reactive ketones (excluding diaryl/α,β-unsaturated/α-hetero) is 1. The van der Waals surface area contributed by atoms with E-state index >= 15 is 0 Å². The predicted molar refractivity (Wildman–Crippen MR) is 92.4 cm³/mol. The summed E-state index contributed by atoms with van der Waals surface area (Å²) in [5, 5.41) is 8.87. The molecule has 1 aromatic carbocycles. The van der Waals surface area contributed by atoms with Gasteiger partial charge in [0.15, 0.2) is 0 Å². The maximum absolute atomic E-state index is 12.5. The topological polar surface area (TPSA) is 87.2 Å². The molecular formula is C18H18F6N2O5. The van der Waals surface area contributed by atoms with Gasteiger partial charge in [0.1, 0.15) is 0 Å². The Morgan fingerprint density at radius 2 is 1.58 bits per heavy atom. The van der Waals surface area contributed by atoms with Crippen molar-refractivity contribution in [2.24, 2.45) is 0 Å². The molecule has 1 fully saturated rings. The van der Waals surface area contributed by atoms with Gasteiger partial charge >= 0.3 is 24.4 Å². The number of ether oxygens (including phenoxy) is 1. The summed E-state index contributed by atoms with van der Waals surface area (Å²) in [7, 11) is 0. The number of hydrogen-bond donors (Lipinski definition) is 1. The van der Waals surface area contributed by atoms with Crippen LogP contribution in [-0.2, 0) is 16.1 Å². The molecule has 1 aliphatic rings. The van der Waals surface area contributed by atoms with Crippen LogP contribution in [0.3, 0.4) is 0 Å². The van der Waals surface area contributed by atoms with E-state index in [1.807, 2.05) is 0 Å². The molecule has 0 spiro atoms. The van der Waals surface area contributed by atoms with Crippen molar-refractivity contribution >= 4 is 17.8 Å². The second-order valence-electron chi connectivity index (χ2n) is 6.89. The molecule has 7 nitrogen and oxygen atoms in total. The molecule has 172 valence electrons. The van der Waals surface area contributed by atoms with Crippen molar-refractivity contribution in [3.8, 4) is 0 Å². The van der Waals surface area contributed by atoms with Gasteiger partial charge in [-0.25, -0.2) is 9.59 Å². The summed E-state index contributed by atoms with van der Waals surface area (Å²) in [6.45, 7) is 1.69. The lowest BCUT2D eigenvalue weighted by Gasteiger charge is -2.35. The van der Waals surface area contributed by atoms with Crippen LogP contribution in [0.25, 0.3) is 0 Å². The Labute approximate surface area is 172 Å². The van der Waals surface area contributed by atoms with E-state index in [4.69, 9.17) is 5.11 Å².